The van der Waals surface area contributed by atoms with Crippen molar-refractivity contribution in [3.63, 3.8) is 0 Å². The molecule has 0 N–H and O–H groups in total. The third kappa shape index (κ3) is 3.30. The summed E-state index contributed by atoms with van der Waals surface area (Å²) in [5.74, 6) is -0.444. The fraction of sp³-hybridized carbons (Fsp3) is 0.643. The SMILES string of the molecule is COC(=O)c1cn([C@@H]2CCN(CC3=CCCOC3)C2)nn1. The minimum atomic E-state index is -0.444. The zero-order chi connectivity index (χ0) is 14.7. The molecule has 0 radical (unpaired) electrons. The number of ether oxygens (including phenoxy) is 2. The van der Waals surface area contributed by atoms with E-state index in [0.717, 1.165) is 45.7 Å². The van der Waals surface area contributed by atoms with Crippen molar-refractivity contribution in [2.75, 3.05) is 40.0 Å². The molecule has 21 heavy (non-hydrogen) atoms. The maximum Gasteiger partial charge on any atom is 0.360 e. The van der Waals surface area contributed by atoms with Gasteiger partial charge < -0.3 is 9.47 Å². The molecule has 1 aromatic rings. The summed E-state index contributed by atoms with van der Waals surface area (Å²) in [7, 11) is 1.35. The topological polar surface area (TPSA) is 69.5 Å². The summed E-state index contributed by atoms with van der Waals surface area (Å²) in [5, 5.41) is 7.91. The molecular weight excluding hydrogens is 272 g/mol. The number of likely N-dealkylation sites (tertiary alicyclic amines) is 1. The molecule has 3 rings (SSSR count). The smallest absolute Gasteiger partial charge is 0.360 e. The van der Waals surface area contributed by atoms with Gasteiger partial charge in [0.25, 0.3) is 0 Å². The first-order valence-corrected chi connectivity index (χ1v) is 7.24. The second-order valence-electron chi connectivity index (χ2n) is 5.46. The van der Waals surface area contributed by atoms with Crippen LogP contribution in [-0.2, 0) is 9.47 Å². The van der Waals surface area contributed by atoms with Crippen LogP contribution < -0.4 is 0 Å². The van der Waals surface area contributed by atoms with Crippen LogP contribution in [0.5, 0.6) is 0 Å². The summed E-state index contributed by atoms with van der Waals surface area (Å²) < 4.78 is 11.9. The van der Waals surface area contributed by atoms with Gasteiger partial charge in [0.05, 0.1) is 32.6 Å². The lowest BCUT2D eigenvalue weighted by Gasteiger charge is -2.20. The first-order valence-electron chi connectivity index (χ1n) is 7.24. The molecule has 0 unspecified atom stereocenters. The third-order valence-electron chi connectivity index (χ3n) is 3.94. The quantitative estimate of drug-likeness (QED) is 0.600. The minimum absolute atomic E-state index is 0.263. The maximum atomic E-state index is 11.4. The highest BCUT2D eigenvalue weighted by molar-refractivity contribution is 5.86. The number of esters is 1. The number of nitrogens with zero attached hydrogens (tertiary/aromatic N) is 4. The molecule has 1 fully saturated rings. The molecule has 0 spiro atoms. The monoisotopic (exact) mass is 292 g/mol. The predicted molar refractivity (Wildman–Crippen MR) is 75.0 cm³/mol. The van der Waals surface area contributed by atoms with Crippen molar-refractivity contribution in [3.05, 3.63) is 23.5 Å². The molecular formula is C14H20N4O3. The first-order chi connectivity index (χ1) is 10.3. The number of aromatic nitrogens is 3. The molecule has 7 heteroatoms. The van der Waals surface area contributed by atoms with E-state index in [1.165, 1.54) is 12.7 Å². The van der Waals surface area contributed by atoms with Crippen molar-refractivity contribution < 1.29 is 14.3 Å². The number of hydrogen-bond donors (Lipinski definition) is 0. The summed E-state index contributed by atoms with van der Waals surface area (Å²) in [6, 6.07) is 0.265. The van der Waals surface area contributed by atoms with Crippen LogP contribution in [-0.4, -0.2) is 65.8 Å². The zero-order valence-electron chi connectivity index (χ0n) is 12.2. The first kappa shape index (κ1) is 14.2. The van der Waals surface area contributed by atoms with Crippen LogP contribution in [0.2, 0.25) is 0 Å². The minimum Gasteiger partial charge on any atom is -0.464 e. The van der Waals surface area contributed by atoms with Crippen LogP contribution >= 0.6 is 0 Å². The molecule has 3 heterocycles. The zero-order valence-corrected chi connectivity index (χ0v) is 12.2. The van der Waals surface area contributed by atoms with Crippen molar-refractivity contribution in [1.82, 2.24) is 19.9 Å². The van der Waals surface area contributed by atoms with Gasteiger partial charge in [0, 0.05) is 19.6 Å². The molecule has 114 valence electrons. The molecule has 2 aliphatic rings. The van der Waals surface area contributed by atoms with Crippen molar-refractivity contribution in [2.24, 2.45) is 0 Å². The third-order valence-corrected chi connectivity index (χ3v) is 3.94. The second kappa shape index (κ2) is 6.36. The Morgan fingerprint density at radius 1 is 1.57 bits per heavy atom. The summed E-state index contributed by atoms with van der Waals surface area (Å²) in [4.78, 5) is 13.8. The van der Waals surface area contributed by atoms with Gasteiger partial charge >= 0.3 is 5.97 Å². The fourth-order valence-corrected chi connectivity index (χ4v) is 2.83. The van der Waals surface area contributed by atoms with Crippen molar-refractivity contribution in [2.45, 2.75) is 18.9 Å². The number of carbonyl (C=O) groups is 1. The Labute approximate surface area is 123 Å². The van der Waals surface area contributed by atoms with Crippen LogP contribution in [0.1, 0.15) is 29.4 Å². The van der Waals surface area contributed by atoms with E-state index in [0.29, 0.717) is 0 Å². The highest BCUT2D eigenvalue weighted by atomic mass is 16.5. The van der Waals surface area contributed by atoms with E-state index in [9.17, 15) is 4.79 Å². The summed E-state index contributed by atoms with van der Waals surface area (Å²) in [6.07, 6.45) is 5.97. The summed E-state index contributed by atoms with van der Waals surface area (Å²) >= 11 is 0. The Balaban J connectivity index is 1.57. The van der Waals surface area contributed by atoms with Crippen LogP contribution in [0.4, 0.5) is 0 Å². The molecule has 0 amide bonds. The van der Waals surface area contributed by atoms with E-state index >= 15 is 0 Å². The van der Waals surface area contributed by atoms with Crippen LogP contribution in [0.15, 0.2) is 17.8 Å². The number of carbonyl (C=O) groups excluding carboxylic acids is 1. The number of methoxy groups -OCH3 is 1. The lowest BCUT2D eigenvalue weighted by molar-refractivity contribution is 0.0594. The van der Waals surface area contributed by atoms with Gasteiger partial charge in [-0.25, -0.2) is 9.48 Å². The van der Waals surface area contributed by atoms with Crippen molar-refractivity contribution in [3.8, 4) is 0 Å². The normalized spacial score (nSPS) is 23.1. The van der Waals surface area contributed by atoms with Gasteiger partial charge in [-0.2, -0.15) is 0 Å². The average Bonchev–Trinajstić information content (AvgIpc) is 3.16. The largest absolute Gasteiger partial charge is 0.464 e. The van der Waals surface area contributed by atoms with Gasteiger partial charge in [0.1, 0.15) is 0 Å². The van der Waals surface area contributed by atoms with E-state index in [2.05, 4.69) is 26.0 Å². The molecule has 0 aromatic carbocycles. The fourth-order valence-electron chi connectivity index (χ4n) is 2.83. The number of rotatable bonds is 4. The molecule has 0 saturated carbocycles. The van der Waals surface area contributed by atoms with Crippen LogP contribution in [0.3, 0.4) is 0 Å². The maximum absolute atomic E-state index is 11.4. The molecule has 7 nitrogen and oxygen atoms in total. The Morgan fingerprint density at radius 2 is 2.48 bits per heavy atom. The van der Waals surface area contributed by atoms with Crippen molar-refractivity contribution >= 4 is 5.97 Å². The Morgan fingerprint density at radius 3 is 3.24 bits per heavy atom. The molecule has 0 bridgehead atoms. The molecule has 1 saturated heterocycles. The lowest BCUT2D eigenvalue weighted by Crippen LogP contribution is -2.26. The van der Waals surface area contributed by atoms with Gasteiger partial charge in [0.15, 0.2) is 5.69 Å². The molecule has 1 aromatic heterocycles. The summed E-state index contributed by atoms with van der Waals surface area (Å²) in [6.45, 7) is 4.48. The Hall–Kier alpha value is -1.73. The van der Waals surface area contributed by atoms with E-state index in [1.54, 1.807) is 10.9 Å². The average molecular weight is 292 g/mol. The van der Waals surface area contributed by atoms with Crippen molar-refractivity contribution in [1.29, 1.82) is 0 Å². The van der Waals surface area contributed by atoms with Gasteiger partial charge in [-0.3, -0.25) is 4.90 Å². The van der Waals surface area contributed by atoms with Gasteiger partial charge in [-0.15, -0.1) is 5.10 Å². The van der Waals surface area contributed by atoms with Gasteiger partial charge in [-0.1, -0.05) is 11.3 Å². The standard InChI is InChI=1S/C14H20N4O3/c1-20-14(19)13-9-18(16-15-13)12-4-5-17(8-12)7-11-3-2-6-21-10-11/h3,9,12H,2,4-8,10H2,1H3/t12-/m1/s1. The van der Waals surface area contributed by atoms with E-state index in [1.807, 2.05) is 0 Å². The molecule has 0 aliphatic carbocycles. The molecule has 1 atom stereocenters. The van der Waals surface area contributed by atoms with Crippen LogP contribution in [0, 0.1) is 0 Å². The van der Waals surface area contributed by atoms with E-state index in [-0.39, 0.29) is 11.7 Å². The highest BCUT2D eigenvalue weighted by Crippen LogP contribution is 2.22. The number of hydrogen-bond acceptors (Lipinski definition) is 6. The molecule has 2 aliphatic heterocycles. The summed E-state index contributed by atoms with van der Waals surface area (Å²) in [5.41, 5.74) is 1.62. The predicted octanol–water partition coefficient (Wildman–Crippen LogP) is 0.658. The van der Waals surface area contributed by atoms with E-state index < -0.39 is 5.97 Å². The van der Waals surface area contributed by atoms with Gasteiger partial charge in [0.2, 0.25) is 0 Å². The van der Waals surface area contributed by atoms with Gasteiger partial charge in [-0.05, 0) is 18.4 Å². The van der Waals surface area contributed by atoms with E-state index in [4.69, 9.17) is 4.74 Å². The van der Waals surface area contributed by atoms with Crippen LogP contribution in [0.25, 0.3) is 0 Å². The Kier molecular flexibility index (Phi) is 4.31. The second-order valence-corrected chi connectivity index (χ2v) is 5.46. The highest BCUT2D eigenvalue weighted by Gasteiger charge is 2.26. The lowest BCUT2D eigenvalue weighted by atomic mass is 10.2. The Bertz CT molecular complexity index is 540.